The van der Waals surface area contributed by atoms with E-state index in [1.54, 1.807) is 9.80 Å². The van der Waals surface area contributed by atoms with Crippen LogP contribution in [0.4, 0.5) is 10.6 Å². The van der Waals surface area contributed by atoms with E-state index in [0.29, 0.717) is 44.3 Å². The molecule has 2 aliphatic rings. The molecular formula is C18H29N5O3. The van der Waals surface area contributed by atoms with Crippen molar-refractivity contribution in [2.75, 3.05) is 31.1 Å². The van der Waals surface area contributed by atoms with Gasteiger partial charge in [-0.2, -0.15) is 5.10 Å². The van der Waals surface area contributed by atoms with E-state index in [4.69, 9.17) is 10.5 Å². The van der Waals surface area contributed by atoms with Gasteiger partial charge in [0.2, 0.25) is 5.91 Å². The number of aromatic nitrogens is 2. The van der Waals surface area contributed by atoms with Crippen molar-refractivity contribution in [1.82, 2.24) is 15.1 Å². The van der Waals surface area contributed by atoms with Gasteiger partial charge in [0.1, 0.15) is 5.60 Å². The maximum Gasteiger partial charge on any atom is 0.410 e. The average molecular weight is 363 g/mol. The highest BCUT2D eigenvalue weighted by Crippen LogP contribution is 2.31. The summed E-state index contributed by atoms with van der Waals surface area (Å²) in [6.07, 6.45) is 1.93. The number of nitrogens with zero attached hydrogens (tertiary/aromatic N) is 3. The van der Waals surface area contributed by atoms with Crippen molar-refractivity contribution in [3.8, 4) is 0 Å². The lowest BCUT2D eigenvalue weighted by atomic mass is 9.94. The summed E-state index contributed by atoms with van der Waals surface area (Å²) in [6, 6.07) is 1.96. The number of piperidine rings is 1. The highest BCUT2D eigenvalue weighted by Gasteiger charge is 2.32. The topological polar surface area (TPSA) is 105 Å². The van der Waals surface area contributed by atoms with Crippen LogP contribution in [0, 0.1) is 5.92 Å². The first-order chi connectivity index (χ1) is 12.3. The molecule has 3 N–H and O–H groups in total. The van der Waals surface area contributed by atoms with E-state index in [2.05, 4.69) is 10.2 Å². The van der Waals surface area contributed by atoms with Crippen molar-refractivity contribution < 1.29 is 14.3 Å². The van der Waals surface area contributed by atoms with Crippen molar-refractivity contribution >= 4 is 17.8 Å². The monoisotopic (exact) mass is 363 g/mol. The van der Waals surface area contributed by atoms with E-state index >= 15 is 0 Å². The van der Waals surface area contributed by atoms with E-state index in [-0.39, 0.29) is 17.9 Å². The predicted molar refractivity (Wildman–Crippen MR) is 97.9 cm³/mol. The maximum atomic E-state index is 12.2. The number of rotatable bonds is 3. The Kier molecular flexibility index (Phi) is 5.22. The molecule has 0 radical (unpaired) electrons. The van der Waals surface area contributed by atoms with E-state index in [1.165, 1.54) is 0 Å². The highest BCUT2D eigenvalue weighted by atomic mass is 16.6. The number of aromatic amines is 1. The molecule has 144 valence electrons. The van der Waals surface area contributed by atoms with Crippen molar-refractivity contribution in [2.24, 2.45) is 11.7 Å². The minimum absolute atomic E-state index is 0.0817. The Bertz CT molecular complexity index is 658. The maximum absolute atomic E-state index is 12.2. The highest BCUT2D eigenvalue weighted by molar-refractivity contribution is 5.94. The van der Waals surface area contributed by atoms with Gasteiger partial charge < -0.3 is 15.4 Å². The largest absolute Gasteiger partial charge is 0.444 e. The van der Waals surface area contributed by atoms with E-state index in [1.807, 2.05) is 26.8 Å². The normalized spacial score (nSPS) is 22.2. The Morgan fingerprint density at radius 1 is 1.38 bits per heavy atom. The van der Waals surface area contributed by atoms with Crippen molar-refractivity contribution in [1.29, 1.82) is 0 Å². The lowest BCUT2D eigenvalue weighted by molar-refractivity contribution is -0.117. The molecule has 2 fully saturated rings. The minimum atomic E-state index is -0.476. The van der Waals surface area contributed by atoms with Crippen LogP contribution in [0.5, 0.6) is 0 Å². The van der Waals surface area contributed by atoms with E-state index in [9.17, 15) is 9.59 Å². The molecule has 2 amide bonds. The zero-order chi connectivity index (χ0) is 18.9. The van der Waals surface area contributed by atoms with Gasteiger partial charge >= 0.3 is 6.09 Å². The number of hydrogen-bond acceptors (Lipinski definition) is 5. The summed E-state index contributed by atoms with van der Waals surface area (Å²) in [5.74, 6) is 1.27. The Balaban J connectivity index is 1.57. The fourth-order valence-corrected chi connectivity index (χ4v) is 3.53. The average Bonchev–Trinajstić information content (AvgIpc) is 3.19. The van der Waals surface area contributed by atoms with Crippen molar-refractivity contribution in [3.05, 3.63) is 11.8 Å². The first kappa shape index (κ1) is 18.7. The lowest BCUT2D eigenvalue weighted by Crippen LogP contribution is -2.41. The number of carbonyl (C=O) groups excluding carboxylic acids is 2. The van der Waals surface area contributed by atoms with Crippen LogP contribution in [0.1, 0.15) is 51.6 Å². The molecular weight excluding hydrogens is 334 g/mol. The summed E-state index contributed by atoms with van der Waals surface area (Å²) in [7, 11) is 0. The Hall–Kier alpha value is -2.09. The molecule has 0 aliphatic carbocycles. The zero-order valence-corrected chi connectivity index (χ0v) is 15.8. The number of amides is 2. The molecule has 0 bridgehead atoms. The lowest BCUT2D eigenvalue weighted by Gasteiger charge is -2.33. The van der Waals surface area contributed by atoms with Gasteiger partial charge in [-0.05, 0) is 46.1 Å². The number of carbonyl (C=O) groups is 2. The molecule has 0 aromatic carbocycles. The number of ether oxygens (including phenoxy) is 1. The summed E-state index contributed by atoms with van der Waals surface area (Å²) in [5.41, 5.74) is 6.23. The second-order valence-corrected chi connectivity index (χ2v) is 8.23. The number of H-pyrrole nitrogens is 1. The number of likely N-dealkylation sites (tertiary alicyclic amines) is 1. The Morgan fingerprint density at radius 3 is 2.65 bits per heavy atom. The molecule has 1 unspecified atom stereocenters. The van der Waals surface area contributed by atoms with Crippen molar-refractivity contribution in [2.45, 2.75) is 51.6 Å². The van der Waals surface area contributed by atoms with E-state index < -0.39 is 5.60 Å². The van der Waals surface area contributed by atoms with Gasteiger partial charge in [0.25, 0.3) is 0 Å². The fourth-order valence-electron chi connectivity index (χ4n) is 3.53. The quantitative estimate of drug-likeness (QED) is 0.852. The van der Waals surface area contributed by atoms with E-state index in [0.717, 1.165) is 18.5 Å². The predicted octanol–water partition coefficient (Wildman–Crippen LogP) is 1.84. The van der Waals surface area contributed by atoms with Crippen LogP contribution < -0.4 is 10.6 Å². The second-order valence-electron chi connectivity index (χ2n) is 8.23. The standard InChI is InChI=1S/C18H29N5O3/c1-18(2,3)26-17(25)22-6-4-13(5-7-22)14-9-15(21-20-14)23-11-12(10-19)8-16(23)24/h9,12-13H,4-8,10-11,19H2,1-3H3,(H,20,21). The molecule has 2 aliphatic heterocycles. The number of nitrogens with two attached hydrogens (primary N) is 1. The van der Waals surface area contributed by atoms with Crippen LogP contribution in [-0.2, 0) is 9.53 Å². The second kappa shape index (κ2) is 7.26. The van der Waals surface area contributed by atoms with Crippen molar-refractivity contribution in [3.63, 3.8) is 0 Å². The summed E-state index contributed by atoms with van der Waals surface area (Å²) < 4.78 is 5.43. The van der Waals surface area contributed by atoms with Gasteiger partial charge in [0.05, 0.1) is 0 Å². The molecule has 1 aromatic rings. The molecule has 2 saturated heterocycles. The summed E-state index contributed by atoms with van der Waals surface area (Å²) in [4.78, 5) is 27.8. The molecule has 3 heterocycles. The molecule has 1 atom stereocenters. The fraction of sp³-hybridized carbons (Fsp3) is 0.722. The van der Waals surface area contributed by atoms with Crippen LogP contribution in [0.3, 0.4) is 0 Å². The summed E-state index contributed by atoms with van der Waals surface area (Å²) in [6.45, 7) is 8.09. The molecule has 0 spiro atoms. The molecule has 0 saturated carbocycles. The molecule has 26 heavy (non-hydrogen) atoms. The first-order valence-electron chi connectivity index (χ1n) is 9.30. The van der Waals surface area contributed by atoms with Gasteiger partial charge in [0, 0.05) is 43.7 Å². The third kappa shape index (κ3) is 4.17. The van der Waals surface area contributed by atoms with Gasteiger partial charge in [0.15, 0.2) is 5.82 Å². The van der Waals surface area contributed by atoms with Gasteiger partial charge in [-0.25, -0.2) is 4.79 Å². The summed E-state index contributed by atoms with van der Waals surface area (Å²) in [5, 5.41) is 7.41. The van der Waals surface area contributed by atoms with Gasteiger partial charge in [-0.15, -0.1) is 0 Å². The smallest absolute Gasteiger partial charge is 0.410 e. The first-order valence-corrected chi connectivity index (χ1v) is 9.30. The van der Waals surface area contributed by atoms with Crippen LogP contribution >= 0.6 is 0 Å². The third-order valence-electron chi connectivity index (χ3n) is 4.99. The number of nitrogens with one attached hydrogen (secondary N) is 1. The molecule has 1 aromatic heterocycles. The third-order valence-corrected chi connectivity index (χ3v) is 4.99. The SMILES string of the molecule is CC(C)(C)OC(=O)N1CCC(c2cc(N3CC(CN)CC3=O)n[nH]2)CC1. The van der Waals surface area contributed by atoms with Crippen LogP contribution in [0.2, 0.25) is 0 Å². The number of anilines is 1. The van der Waals surface area contributed by atoms with Crippen LogP contribution in [-0.4, -0.2) is 58.9 Å². The van der Waals surface area contributed by atoms with Crippen LogP contribution in [0.25, 0.3) is 0 Å². The molecule has 8 heteroatoms. The minimum Gasteiger partial charge on any atom is -0.444 e. The molecule has 8 nitrogen and oxygen atoms in total. The van der Waals surface area contributed by atoms with Gasteiger partial charge in [-0.1, -0.05) is 0 Å². The van der Waals surface area contributed by atoms with Gasteiger partial charge in [-0.3, -0.25) is 14.8 Å². The van der Waals surface area contributed by atoms with Crippen LogP contribution in [0.15, 0.2) is 6.07 Å². The Labute approximate surface area is 154 Å². The molecule has 3 rings (SSSR count). The summed E-state index contributed by atoms with van der Waals surface area (Å²) >= 11 is 0. The Morgan fingerprint density at radius 2 is 2.08 bits per heavy atom. The number of hydrogen-bond donors (Lipinski definition) is 2. The zero-order valence-electron chi connectivity index (χ0n) is 15.8.